The van der Waals surface area contributed by atoms with Crippen LogP contribution in [0.4, 0.5) is 16.2 Å². The fraction of sp³-hybridized carbons (Fsp3) is 0.548. The molecule has 44 heavy (non-hydrogen) atoms. The molecular formula is C31H47N3O10. The number of aliphatic hydroxyl groups is 3. The van der Waals surface area contributed by atoms with Gasteiger partial charge >= 0.3 is 6.09 Å². The van der Waals surface area contributed by atoms with E-state index in [-0.39, 0.29) is 52.9 Å². The van der Waals surface area contributed by atoms with E-state index in [2.05, 4.69) is 10.6 Å². The summed E-state index contributed by atoms with van der Waals surface area (Å²) in [4.78, 5) is 24.8. The van der Waals surface area contributed by atoms with Crippen molar-refractivity contribution in [3.63, 3.8) is 0 Å². The number of ether oxygens (including phenoxy) is 3. The second-order valence-corrected chi connectivity index (χ2v) is 11.2. The Kier molecular flexibility index (Phi) is 14.1. The van der Waals surface area contributed by atoms with Gasteiger partial charge in [0.25, 0.3) is 5.91 Å². The van der Waals surface area contributed by atoms with Gasteiger partial charge in [0.15, 0.2) is 6.10 Å². The topological polar surface area (TPSA) is 213 Å². The van der Waals surface area contributed by atoms with E-state index >= 15 is 0 Å². The number of carbonyl (C=O) groups is 2. The Morgan fingerprint density at radius 3 is 2.48 bits per heavy atom. The third-order valence-corrected chi connectivity index (χ3v) is 7.56. The number of nitrogens with two attached hydrogens (primary N) is 1. The van der Waals surface area contributed by atoms with Crippen LogP contribution in [0.3, 0.4) is 0 Å². The molecule has 1 aromatic rings. The summed E-state index contributed by atoms with van der Waals surface area (Å²) in [5, 5.41) is 58.0. The molecule has 0 radical (unpaired) electrons. The number of aromatic hydroxyl groups is 2. The number of carbonyl (C=O) groups excluding carboxylic acids is 2. The molecule has 0 aromatic heterocycles. The van der Waals surface area contributed by atoms with Crippen molar-refractivity contribution in [3.05, 3.63) is 47.1 Å². The summed E-state index contributed by atoms with van der Waals surface area (Å²) < 4.78 is 16.6. The molecule has 0 unspecified atom stereocenters. The number of benzene rings is 1. The van der Waals surface area contributed by atoms with Crippen LogP contribution in [0.2, 0.25) is 0 Å². The Bertz CT molecular complexity index is 1230. The molecule has 1 aliphatic heterocycles. The number of rotatable bonds is 7. The zero-order valence-electron chi connectivity index (χ0n) is 26.1. The molecule has 0 fully saturated rings. The average molecular weight is 622 g/mol. The van der Waals surface area contributed by atoms with Gasteiger partial charge in [0, 0.05) is 43.9 Å². The number of fused-ring (bicyclic) bond motifs is 2. The van der Waals surface area contributed by atoms with Gasteiger partial charge < -0.3 is 56.1 Å². The number of allylic oxidation sites excluding steroid dienone is 2. The summed E-state index contributed by atoms with van der Waals surface area (Å²) in [5.74, 6) is -1.85. The lowest BCUT2D eigenvalue weighted by Gasteiger charge is -2.29. The standard InChI is InChI=1S/C31H47N3O10/c1-16-10-21-26(33-14-20(36)15-35)23(37)13-22(28(21)39)34-30(40)17(2)8-7-9-24(42-5)29(44-31(32)41)19(4)12-18(3)27(38)25(11-16)43-6/h7-9,12-13,16,18,20,24-25,27,29,33,35-39H,10-11,14-15H2,1-6H3,(H2,32,41)(H,34,40)/b9-7-,17-8+,19-12+/t16-,18+,20+,24+,25+,27-,29+/m1/s1. The number of hydrogen-bond acceptors (Lipinski definition) is 11. The van der Waals surface area contributed by atoms with Crippen molar-refractivity contribution >= 4 is 23.4 Å². The molecule has 0 saturated carbocycles. The van der Waals surface area contributed by atoms with Crippen LogP contribution in [-0.2, 0) is 25.4 Å². The minimum absolute atomic E-state index is 0.0425. The lowest BCUT2D eigenvalue weighted by Crippen LogP contribution is -2.37. The molecular weight excluding hydrogens is 574 g/mol. The number of phenolic OH excluding ortho intramolecular Hbond substituents is 2. The lowest BCUT2D eigenvalue weighted by molar-refractivity contribution is -0.112. The van der Waals surface area contributed by atoms with Gasteiger partial charge in [0.1, 0.15) is 17.6 Å². The zero-order chi connectivity index (χ0) is 33.1. The van der Waals surface area contributed by atoms with E-state index in [4.69, 9.17) is 19.9 Å². The fourth-order valence-electron chi connectivity index (χ4n) is 5.09. The van der Waals surface area contributed by atoms with E-state index in [9.17, 15) is 35.1 Å². The predicted molar refractivity (Wildman–Crippen MR) is 165 cm³/mol. The van der Waals surface area contributed by atoms with Crippen molar-refractivity contribution in [3.8, 4) is 11.5 Å². The van der Waals surface area contributed by atoms with Gasteiger partial charge in [-0.3, -0.25) is 4.79 Å². The van der Waals surface area contributed by atoms with Crippen LogP contribution < -0.4 is 16.4 Å². The molecule has 2 rings (SSSR count). The van der Waals surface area contributed by atoms with Crippen molar-refractivity contribution in [1.82, 2.24) is 0 Å². The quantitative estimate of drug-likeness (QED) is 0.126. The first-order valence-electron chi connectivity index (χ1n) is 14.4. The van der Waals surface area contributed by atoms with Gasteiger partial charge in [-0.05, 0) is 38.2 Å². The maximum absolute atomic E-state index is 13.0. The fourth-order valence-corrected chi connectivity index (χ4v) is 5.09. The number of hydrogen-bond donors (Lipinski definition) is 8. The average Bonchev–Trinajstić information content (AvgIpc) is 2.97. The minimum Gasteiger partial charge on any atom is -0.506 e. The molecule has 2 amide bonds. The van der Waals surface area contributed by atoms with E-state index in [0.717, 1.165) is 0 Å². The van der Waals surface area contributed by atoms with E-state index < -0.39 is 55.0 Å². The summed E-state index contributed by atoms with van der Waals surface area (Å²) in [6.45, 7) is 6.31. The third kappa shape index (κ3) is 9.96. The van der Waals surface area contributed by atoms with Crippen molar-refractivity contribution in [1.29, 1.82) is 0 Å². The Balaban J connectivity index is 2.66. The maximum atomic E-state index is 13.0. The van der Waals surface area contributed by atoms with Gasteiger partial charge in [-0.25, -0.2) is 4.79 Å². The number of amides is 2. The second-order valence-electron chi connectivity index (χ2n) is 11.2. The van der Waals surface area contributed by atoms with Crippen LogP contribution >= 0.6 is 0 Å². The van der Waals surface area contributed by atoms with Crippen LogP contribution in [0, 0.1) is 11.8 Å². The number of phenols is 2. The van der Waals surface area contributed by atoms with Crippen molar-refractivity contribution in [2.24, 2.45) is 17.6 Å². The van der Waals surface area contributed by atoms with E-state index in [1.54, 1.807) is 39.0 Å². The maximum Gasteiger partial charge on any atom is 0.405 e. The number of primary amides is 1. The molecule has 2 bridgehead atoms. The second kappa shape index (κ2) is 17.0. The van der Waals surface area contributed by atoms with Crippen molar-refractivity contribution in [2.45, 2.75) is 71.1 Å². The summed E-state index contributed by atoms with van der Waals surface area (Å²) >= 11 is 0. The summed E-state index contributed by atoms with van der Waals surface area (Å²) in [5.41, 5.74) is 6.52. The van der Waals surface area contributed by atoms with Crippen LogP contribution in [0.15, 0.2) is 41.5 Å². The monoisotopic (exact) mass is 621 g/mol. The highest BCUT2D eigenvalue weighted by Gasteiger charge is 2.30. The highest BCUT2D eigenvalue weighted by Crippen LogP contribution is 2.42. The SMILES string of the molecule is CO[C@H]1/C=C\C=C(/C)C(=O)Nc2cc(O)c(NC[C@H](O)CO)c(c2O)C[C@@H](C)C[C@H](OC)[C@H](O)[C@@H](C)/C=C(\C)[C@@H]1OC(N)=O. The molecule has 1 aromatic carbocycles. The lowest BCUT2D eigenvalue weighted by atomic mass is 9.87. The summed E-state index contributed by atoms with van der Waals surface area (Å²) in [6, 6.07) is 1.19. The van der Waals surface area contributed by atoms with Gasteiger partial charge in [0.05, 0.1) is 36.3 Å². The molecule has 1 heterocycles. The number of methoxy groups -OCH3 is 2. The molecule has 246 valence electrons. The molecule has 9 N–H and O–H groups in total. The molecule has 0 aliphatic carbocycles. The largest absolute Gasteiger partial charge is 0.506 e. The summed E-state index contributed by atoms with van der Waals surface area (Å²) in [6.07, 6.45) is 1.40. The van der Waals surface area contributed by atoms with Gasteiger partial charge in [0.2, 0.25) is 0 Å². The predicted octanol–water partition coefficient (Wildman–Crippen LogP) is 2.32. The van der Waals surface area contributed by atoms with Gasteiger partial charge in [-0.15, -0.1) is 0 Å². The number of anilines is 2. The van der Waals surface area contributed by atoms with Gasteiger partial charge in [-0.2, -0.15) is 0 Å². The Labute approximate surface area is 258 Å². The third-order valence-electron chi connectivity index (χ3n) is 7.56. The first-order valence-corrected chi connectivity index (χ1v) is 14.4. The normalized spacial score (nSPS) is 29.3. The van der Waals surface area contributed by atoms with Gasteiger partial charge in [-0.1, -0.05) is 38.2 Å². The number of nitrogens with one attached hydrogen (secondary N) is 2. The van der Waals surface area contributed by atoms with E-state index in [0.29, 0.717) is 12.0 Å². The van der Waals surface area contributed by atoms with E-state index in [1.165, 1.54) is 26.4 Å². The zero-order valence-corrected chi connectivity index (χ0v) is 26.1. The van der Waals surface area contributed by atoms with Crippen LogP contribution in [0.1, 0.15) is 39.7 Å². The number of aliphatic hydroxyl groups excluding tert-OH is 3. The molecule has 0 saturated heterocycles. The van der Waals surface area contributed by atoms with Crippen LogP contribution in [0.25, 0.3) is 0 Å². The Hall–Kier alpha value is -3.62. The highest BCUT2D eigenvalue weighted by molar-refractivity contribution is 6.04. The van der Waals surface area contributed by atoms with Crippen LogP contribution in [0.5, 0.6) is 11.5 Å². The summed E-state index contributed by atoms with van der Waals surface area (Å²) in [7, 11) is 2.90. The first-order chi connectivity index (χ1) is 20.7. The molecule has 13 heteroatoms. The Morgan fingerprint density at radius 2 is 1.89 bits per heavy atom. The molecule has 0 spiro atoms. The first kappa shape index (κ1) is 36.6. The molecule has 7 atom stereocenters. The van der Waals surface area contributed by atoms with Crippen LogP contribution in [-0.4, -0.2) is 95.4 Å². The van der Waals surface area contributed by atoms with Crippen molar-refractivity contribution < 1.29 is 49.3 Å². The highest BCUT2D eigenvalue weighted by atomic mass is 16.6. The Morgan fingerprint density at radius 1 is 1.20 bits per heavy atom. The minimum atomic E-state index is -1.12. The molecule has 1 aliphatic rings. The van der Waals surface area contributed by atoms with Crippen molar-refractivity contribution in [2.75, 3.05) is 38.0 Å². The van der Waals surface area contributed by atoms with E-state index in [1.807, 2.05) is 6.92 Å². The smallest absolute Gasteiger partial charge is 0.405 e. The molecule has 13 nitrogen and oxygen atoms in total.